The third kappa shape index (κ3) is 5.10. The van der Waals surface area contributed by atoms with Crippen LogP contribution in [0.3, 0.4) is 0 Å². The SMILES string of the molecule is Cc1cn2cc(NC(=O)c3ccc(N4CCC(NC5CC5)CC4)c4cn(C)nc34)nc2c(CCN(C)C)n1. The molecule has 0 atom stereocenters. The molecule has 2 fully saturated rings. The van der Waals surface area contributed by atoms with Crippen LogP contribution in [-0.4, -0.2) is 80.8 Å². The fourth-order valence-corrected chi connectivity index (χ4v) is 5.47. The summed E-state index contributed by atoms with van der Waals surface area (Å²) in [4.78, 5) is 27.4. The number of fused-ring (bicyclic) bond motifs is 2. The van der Waals surface area contributed by atoms with Crippen LogP contribution in [0.15, 0.2) is 30.7 Å². The second-order valence-corrected chi connectivity index (χ2v) is 11.1. The minimum Gasteiger partial charge on any atom is -0.371 e. The number of carbonyl (C=O) groups is 1. The van der Waals surface area contributed by atoms with Gasteiger partial charge in [0, 0.05) is 68.7 Å². The van der Waals surface area contributed by atoms with Crippen molar-refractivity contribution in [2.24, 2.45) is 7.05 Å². The predicted octanol–water partition coefficient (Wildman–Crippen LogP) is 3.00. The first kappa shape index (κ1) is 24.8. The van der Waals surface area contributed by atoms with Crippen LogP contribution in [0.1, 0.15) is 47.4 Å². The van der Waals surface area contributed by atoms with Crippen LogP contribution in [0.5, 0.6) is 0 Å². The van der Waals surface area contributed by atoms with Gasteiger partial charge in [-0.25, -0.2) is 4.98 Å². The van der Waals surface area contributed by atoms with E-state index < -0.39 is 0 Å². The van der Waals surface area contributed by atoms with Gasteiger partial charge in [-0.2, -0.15) is 5.10 Å². The van der Waals surface area contributed by atoms with E-state index in [4.69, 9.17) is 9.97 Å². The van der Waals surface area contributed by atoms with E-state index >= 15 is 0 Å². The molecule has 200 valence electrons. The minimum atomic E-state index is -0.212. The van der Waals surface area contributed by atoms with Crippen molar-refractivity contribution in [1.29, 1.82) is 0 Å². The molecule has 1 aliphatic heterocycles. The highest BCUT2D eigenvalue weighted by molar-refractivity contribution is 6.13. The second kappa shape index (κ2) is 9.99. The Kier molecular flexibility index (Phi) is 6.53. The maximum Gasteiger partial charge on any atom is 0.259 e. The van der Waals surface area contributed by atoms with Gasteiger partial charge in [-0.05, 0) is 58.8 Å². The van der Waals surface area contributed by atoms with Gasteiger partial charge in [0.1, 0.15) is 5.52 Å². The first-order valence-electron chi connectivity index (χ1n) is 13.6. The van der Waals surface area contributed by atoms with Gasteiger partial charge in [-0.3, -0.25) is 14.5 Å². The van der Waals surface area contributed by atoms with E-state index in [0.717, 1.165) is 73.0 Å². The molecule has 1 saturated carbocycles. The molecule has 2 aliphatic rings. The molecule has 1 aliphatic carbocycles. The molecule has 4 aromatic rings. The number of aromatic nitrogens is 5. The number of benzene rings is 1. The van der Waals surface area contributed by atoms with Crippen molar-refractivity contribution in [3.8, 4) is 0 Å². The summed E-state index contributed by atoms with van der Waals surface area (Å²) in [5, 5.41) is 12.5. The number of aryl methyl sites for hydroxylation is 2. The van der Waals surface area contributed by atoms with E-state index in [2.05, 4.69) is 31.6 Å². The third-order valence-electron chi connectivity index (χ3n) is 7.56. The summed E-state index contributed by atoms with van der Waals surface area (Å²) in [5.41, 5.74) is 5.02. The minimum absolute atomic E-state index is 0.212. The maximum atomic E-state index is 13.5. The number of piperidine rings is 1. The smallest absolute Gasteiger partial charge is 0.259 e. The highest BCUT2D eigenvalue weighted by Crippen LogP contribution is 2.32. The number of imidazole rings is 1. The average molecular weight is 516 g/mol. The number of anilines is 2. The summed E-state index contributed by atoms with van der Waals surface area (Å²) in [7, 11) is 5.99. The number of carbonyl (C=O) groups excluding carboxylic acids is 1. The molecule has 4 heterocycles. The number of rotatable bonds is 8. The van der Waals surface area contributed by atoms with E-state index in [-0.39, 0.29) is 5.91 Å². The van der Waals surface area contributed by atoms with E-state index in [1.54, 1.807) is 4.68 Å². The van der Waals surface area contributed by atoms with Crippen LogP contribution in [0.25, 0.3) is 16.6 Å². The maximum absolute atomic E-state index is 13.5. The summed E-state index contributed by atoms with van der Waals surface area (Å²) < 4.78 is 3.74. The Labute approximate surface area is 223 Å². The Morgan fingerprint density at radius 3 is 2.55 bits per heavy atom. The Morgan fingerprint density at radius 2 is 1.82 bits per heavy atom. The molecule has 2 N–H and O–H groups in total. The first-order valence-corrected chi connectivity index (χ1v) is 13.6. The summed E-state index contributed by atoms with van der Waals surface area (Å²) in [5.74, 6) is 0.294. The van der Waals surface area contributed by atoms with Crippen molar-refractivity contribution in [1.82, 2.24) is 34.4 Å². The van der Waals surface area contributed by atoms with Gasteiger partial charge >= 0.3 is 0 Å². The number of likely N-dealkylation sites (N-methyl/N-ethyl adjacent to an activating group) is 1. The summed E-state index contributed by atoms with van der Waals surface area (Å²) >= 11 is 0. The van der Waals surface area contributed by atoms with Crippen LogP contribution in [0.4, 0.5) is 11.5 Å². The topological polar surface area (TPSA) is 95.6 Å². The Balaban J connectivity index is 1.23. The van der Waals surface area contributed by atoms with Crippen molar-refractivity contribution in [2.45, 2.75) is 51.1 Å². The highest BCUT2D eigenvalue weighted by Gasteiger charge is 2.28. The van der Waals surface area contributed by atoms with E-state index in [1.165, 1.54) is 12.8 Å². The average Bonchev–Trinajstić information content (AvgIpc) is 3.46. The predicted molar refractivity (Wildman–Crippen MR) is 150 cm³/mol. The fourth-order valence-electron chi connectivity index (χ4n) is 5.47. The molecule has 10 nitrogen and oxygen atoms in total. The molecular formula is C28H37N9O. The second-order valence-electron chi connectivity index (χ2n) is 11.1. The van der Waals surface area contributed by atoms with Crippen molar-refractivity contribution in [3.05, 3.63) is 47.7 Å². The van der Waals surface area contributed by atoms with Crippen molar-refractivity contribution in [2.75, 3.05) is 43.9 Å². The third-order valence-corrected chi connectivity index (χ3v) is 7.56. The molecule has 1 amide bonds. The lowest BCUT2D eigenvalue weighted by atomic mass is 10.0. The van der Waals surface area contributed by atoms with Crippen molar-refractivity contribution in [3.63, 3.8) is 0 Å². The number of nitrogens with zero attached hydrogens (tertiary/aromatic N) is 7. The Morgan fingerprint density at radius 1 is 1.05 bits per heavy atom. The number of hydrogen-bond donors (Lipinski definition) is 2. The molecule has 0 spiro atoms. The summed E-state index contributed by atoms with van der Waals surface area (Å²) in [6.45, 7) is 4.86. The van der Waals surface area contributed by atoms with Gasteiger partial charge in [0.2, 0.25) is 0 Å². The molecule has 0 radical (unpaired) electrons. The van der Waals surface area contributed by atoms with E-state index in [9.17, 15) is 4.79 Å². The van der Waals surface area contributed by atoms with Gasteiger partial charge in [0.15, 0.2) is 11.5 Å². The van der Waals surface area contributed by atoms with Gasteiger partial charge in [-0.1, -0.05) is 0 Å². The monoisotopic (exact) mass is 515 g/mol. The van der Waals surface area contributed by atoms with Gasteiger partial charge in [0.05, 0.1) is 23.1 Å². The first-order chi connectivity index (χ1) is 18.3. The van der Waals surface area contributed by atoms with Crippen molar-refractivity contribution >= 4 is 34.0 Å². The largest absolute Gasteiger partial charge is 0.371 e. The standard InChI is InChI=1S/C28H37N9O/c1-18-15-37-17-25(31-27(37)23(29-18)11-12-34(2)3)32-28(38)21-7-8-24(22-16-35(4)33-26(21)22)36-13-9-20(10-14-36)30-19-5-6-19/h7-8,15-17,19-20,30H,5-6,9-14H2,1-4H3,(H,32,38). The lowest BCUT2D eigenvalue weighted by Gasteiger charge is -2.34. The number of hydrogen-bond acceptors (Lipinski definition) is 7. The van der Waals surface area contributed by atoms with E-state index in [0.29, 0.717) is 22.9 Å². The van der Waals surface area contributed by atoms with Gasteiger partial charge < -0.3 is 24.8 Å². The van der Waals surface area contributed by atoms with Crippen LogP contribution in [-0.2, 0) is 13.5 Å². The molecular weight excluding hydrogens is 478 g/mol. The lowest BCUT2D eigenvalue weighted by Crippen LogP contribution is -2.43. The van der Waals surface area contributed by atoms with E-state index in [1.807, 2.05) is 57.1 Å². The fraction of sp³-hybridized carbons (Fsp3) is 0.500. The number of amides is 1. The summed E-state index contributed by atoms with van der Waals surface area (Å²) in [6.07, 6.45) is 11.5. The zero-order valence-electron chi connectivity index (χ0n) is 22.7. The zero-order valence-corrected chi connectivity index (χ0v) is 22.7. The molecule has 38 heavy (non-hydrogen) atoms. The molecule has 3 aromatic heterocycles. The highest BCUT2D eigenvalue weighted by atomic mass is 16.1. The Bertz CT molecular complexity index is 1470. The lowest BCUT2D eigenvalue weighted by molar-refractivity contribution is 0.102. The molecule has 1 aromatic carbocycles. The van der Waals surface area contributed by atoms with Gasteiger partial charge in [-0.15, -0.1) is 0 Å². The quantitative estimate of drug-likeness (QED) is 0.372. The Hall–Kier alpha value is -3.50. The molecule has 1 saturated heterocycles. The zero-order chi connectivity index (χ0) is 26.4. The van der Waals surface area contributed by atoms with Crippen LogP contribution in [0.2, 0.25) is 0 Å². The molecule has 0 unspecified atom stereocenters. The van der Waals surface area contributed by atoms with Gasteiger partial charge in [0.25, 0.3) is 5.91 Å². The van der Waals surface area contributed by atoms with Crippen molar-refractivity contribution < 1.29 is 4.79 Å². The normalized spacial score (nSPS) is 16.7. The molecule has 6 rings (SSSR count). The number of nitrogens with one attached hydrogen (secondary N) is 2. The molecule has 0 bridgehead atoms. The van der Waals surface area contributed by atoms with Crippen LogP contribution in [0, 0.1) is 6.92 Å². The van der Waals surface area contributed by atoms with Crippen LogP contribution < -0.4 is 15.5 Å². The summed E-state index contributed by atoms with van der Waals surface area (Å²) in [6, 6.07) is 5.33. The molecule has 10 heteroatoms. The van der Waals surface area contributed by atoms with Crippen LogP contribution >= 0.6 is 0 Å².